The Morgan fingerprint density at radius 2 is 1.79 bits per heavy atom. The molecule has 0 heterocycles. The molecule has 1 N–H and O–H groups in total. The number of rotatable bonds is 7. The van der Waals surface area contributed by atoms with E-state index in [2.05, 4.69) is 4.74 Å². The Hall–Kier alpha value is -2.82. The van der Waals surface area contributed by atoms with Gasteiger partial charge in [-0.15, -0.1) is 0 Å². The summed E-state index contributed by atoms with van der Waals surface area (Å²) in [5, 5.41) is 9.08. The van der Waals surface area contributed by atoms with E-state index < -0.39 is 5.97 Å². The second-order valence-electron chi connectivity index (χ2n) is 5.28. The van der Waals surface area contributed by atoms with Gasteiger partial charge in [-0.3, -0.25) is 9.59 Å². The molecule has 0 aliphatic heterocycles. The van der Waals surface area contributed by atoms with Crippen molar-refractivity contribution in [1.29, 1.82) is 0 Å². The average molecular weight is 328 g/mol. The molecule has 5 heteroatoms. The van der Waals surface area contributed by atoms with Gasteiger partial charge in [0.05, 0.1) is 26.6 Å². The Kier molecular flexibility index (Phi) is 5.95. The minimum atomic E-state index is -0.910. The van der Waals surface area contributed by atoms with Crippen molar-refractivity contribution in [2.45, 2.75) is 19.8 Å². The van der Waals surface area contributed by atoms with Crippen LogP contribution in [-0.4, -0.2) is 30.8 Å². The van der Waals surface area contributed by atoms with Gasteiger partial charge in [0.15, 0.2) is 0 Å². The molecule has 126 valence electrons. The van der Waals surface area contributed by atoms with Crippen molar-refractivity contribution in [3.8, 4) is 16.9 Å². The third-order valence-corrected chi connectivity index (χ3v) is 3.54. The highest BCUT2D eigenvalue weighted by Crippen LogP contribution is 2.28. The summed E-state index contributed by atoms with van der Waals surface area (Å²) in [4.78, 5) is 22.5. The first-order valence-corrected chi connectivity index (χ1v) is 7.67. The monoisotopic (exact) mass is 328 g/mol. The molecular weight excluding hydrogens is 308 g/mol. The SMILES string of the molecule is CCOc1ccc(-c2cccc(CC(=O)OC)c2)cc1CC(=O)O. The first kappa shape index (κ1) is 17.5. The topological polar surface area (TPSA) is 72.8 Å². The number of esters is 1. The van der Waals surface area contributed by atoms with E-state index in [0.29, 0.717) is 17.9 Å². The van der Waals surface area contributed by atoms with E-state index >= 15 is 0 Å². The van der Waals surface area contributed by atoms with Crippen molar-refractivity contribution < 1.29 is 24.2 Å². The standard InChI is InChI=1S/C19H20O5/c1-3-24-17-8-7-15(11-16(17)12-18(20)21)14-6-4-5-13(9-14)10-19(22)23-2/h4-9,11H,3,10,12H2,1-2H3,(H,20,21). The molecule has 0 spiro atoms. The lowest BCUT2D eigenvalue weighted by molar-refractivity contribution is -0.140. The summed E-state index contributed by atoms with van der Waals surface area (Å²) in [7, 11) is 1.36. The number of ether oxygens (including phenoxy) is 2. The molecule has 0 saturated carbocycles. The lowest BCUT2D eigenvalue weighted by Crippen LogP contribution is -2.05. The zero-order chi connectivity index (χ0) is 17.5. The van der Waals surface area contributed by atoms with E-state index in [1.54, 1.807) is 6.07 Å². The molecule has 5 nitrogen and oxygen atoms in total. The fourth-order valence-electron chi connectivity index (χ4n) is 2.46. The fraction of sp³-hybridized carbons (Fsp3) is 0.263. The first-order valence-electron chi connectivity index (χ1n) is 7.67. The van der Waals surface area contributed by atoms with Crippen LogP contribution in [0.3, 0.4) is 0 Å². The van der Waals surface area contributed by atoms with Crippen LogP contribution < -0.4 is 4.74 Å². The molecule has 0 atom stereocenters. The molecular formula is C19H20O5. The van der Waals surface area contributed by atoms with Gasteiger partial charge in [-0.2, -0.15) is 0 Å². The summed E-state index contributed by atoms with van der Waals surface area (Å²) in [6, 6.07) is 13.0. The minimum Gasteiger partial charge on any atom is -0.494 e. The van der Waals surface area contributed by atoms with Gasteiger partial charge in [0.1, 0.15) is 5.75 Å². The number of hydrogen-bond donors (Lipinski definition) is 1. The Morgan fingerprint density at radius 1 is 1.04 bits per heavy atom. The summed E-state index contributed by atoms with van der Waals surface area (Å²) in [5.74, 6) is -0.632. The molecule has 0 radical (unpaired) electrons. The van der Waals surface area contributed by atoms with Crippen LogP contribution in [0, 0.1) is 0 Å². The highest BCUT2D eigenvalue weighted by molar-refractivity contribution is 5.75. The molecule has 0 aromatic heterocycles. The third kappa shape index (κ3) is 4.59. The highest BCUT2D eigenvalue weighted by atomic mass is 16.5. The number of benzene rings is 2. The van der Waals surface area contributed by atoms with Crippen molar-refractivity contribution in [3.63, 3.8) is 0 Å². The third-order valence-electron chi connectivity index (χ3n) is 3.54. The minimum absolute atomic E-state index is 0.106. The van der Waals surface area contributed by atoms with Crippen LogP contribution in [0.1, 0.15) is 18.1 Å². The van der Waals surface area contributed by atoms with Crippen LogP contribution in [0.4, 0.5) is 0 Å². The van der Waals surface area contributed by atoms with Crippen LogP contribution >= 0.6 is 0 Å². The van der Waals surface area contributed by atoms with Crippen LogP contribution in [0.5, 0.6) is 5.75 Å². The van der Waals surface area contributed by atoms with Gasteiger partial charge in [-0.1, -0.05) is 30.3 Å². The molecule has 24 heavy (non-hydrogen) atoms. The smallest absolute Gasteiger partial charge is 0.309 e. The van der Waals surface area contributed by atoms with Gasteiger partial charge < -0.3 is 14.6 Å². The summed E-state index contributed by atoms with van der Waals surface area (Å²) >= 11 is 0. The van der Waals surface area contributed by atoms with Gasteiger partial charge in [0.25, 0.3) is 0 Å². The largest absolute Gasteiger partial charge is 0.494 e. The fourth-order valence-corrected chi connectivity index (χ4v) is 2.46. The predicted molar refractivity (Wildman–Crippen MR) is 90.1 cm³/mol. The number of methoxy groups -OCH3 is 1. The maximum atomic E-state index is 11.4. The second kappa shape index (κ2) is 8.15. The van der Waals surface area contributed by atoms with E-state index in [9.17, 15) is 9.59 Å². The maximum Gasteiger partial charge on any atom is 0.309 e. The molecule has 2 rings (SSSR count). The van der Waals surface area contributed by atoms with Gasteiger partial charge in [-0.05, 0) is 35.7 Å². The number of hydrogen-bond acceptors (Lipinski definition) is 4. The lowest BCUT2D eigenvalue weighted by Gasteiger charge is -2.12. The van der Waals surface area contributed by atoms with E-state index in [0.717, 1.165) is 16.7 Å². The zero-order valence-corrected chi connectivity index (χ0v) is 13.7. The number of aliphatic carboxylic acids is 1. The molecule has 0 aliphatic carbocycles. The Bertz CT molecular complexity index is 736. The molecule has 2 aromatic carbocycles. The number of carboxylic acid groups (broad SMARTS) is 1. The van der Waals surface area contributed by atoms with Gasteiger partial charge in [-0.25, -0.2) is 0 Å². The molecule has 0 fully saturated rings. The Morgan fingerprint density at radius 3 is 2.46 bits per heavy atom. The number of carbonyl (C=O) groups excluding carboxylic acids is 1. The van der Waals surface area contributed by atoms with Gasteiger partial charge >= 0.3 is 11.9 Å². The first-order chi connectivity index (χ1) is 11.5. The van der Waals surface area contributed by atoms with Crippen molar-refractivity contribution in [2.24, 2.45) is 0 Å². The van der Waals surface area contributed by atoms with Crippen LogP contribution in [-0.2, 0) is 27.2 Å². The highest BCUT2D eigenvalue weighted by Gasteiger charge is 2.11. The van der Waals surface area contributed by atoms with E-state index in [1.165, 1.54) is 7.11 Å². The summed E-state index contributed by atoms with van der Waals surface area (Å²) in [6.45, 7) is 2.33. The molecule has 0 unspecified atom stereocenters. The van der Waals surface area contributed by atoms with Gasteiger partial charge in [0, 0.05) is 5.56 Å². The normalized spacial score (nSPS) is 10.2. The number of carboxylic acids is 1. The van der Waals surface area contributed by atoms with Crippen LogP contribution in [0.25, 0.3) is 11.1 Å². The second-order valence-corrected chi connectivity index (χ2v) is 5.28. The molecule has 2 aromatic rings. The van der Waals surface area contributed by atoms with Crippen molar-refractivity contribution in [1.82, 2.24) is 0 Å². The summed E-state index contributed by atoms with van der Waals surface area (Å²) in [6.07, 6.45) is 0.0916. The van der Waals surface area contributed by atoms with E-state index in [-0.39, 0.29) is 18.8 Å². The quantitative estimate of drug-likeness (QED) is 0.791. The summed E-state index contributed by atoms with van der Waals surface area (Å²) in [5.41, 5.74) is 3.25. The van der Waals surface area contributed by atoms with Crippen molar-refractivity contribution in [2.75, 3.05) is 13.7 Å². The van der Waals surface area contributed by atoms with Crippen molar-refractivity contribution >= 4 is 11.9 Å². The zero-order valence-electron chi connectivity index (χ0n) is 13.7. The Balaban J connectivity index is 2.35. The summed E-state index contributed by atoms with van der Waals surface area (Å²) < 4.78 is 10.2. The Labute approximate surface area is 140 Å². The van der Waals surface area contributed by atoms with Gasteiger partial charge in [0.2, 0.25) is 0 Å². The maximum absolute atomic E-state index is 11.4. The predicted octanol–water partition coefficient (Wildman–Crippen LogP) is 3.09. The lowest BCUT2D eigenvalue weighted by atomic mass is 9.98. The molecule has 0 amide bonds. The van der Waals surface area contributed by atoms with E-state index in [4.69, 9.17) is 9.84 Å². The van der Waals surface area contributed by atoms with Crippen LogP contribution in [0.15, 0.2) is 42.5 Å². The van der Waals surface area contributed by atoms with Crippen LogP contribution in [0.2, 0.25) is 0 Å². The van der Waals surface area contributed by atoms with Crippen molar-refractivity contribution in [3.05, 3.63) is 53.6 Å². The molecule has 0 aliphatic rings. The van der Waals surface area contributed by atoms with E-state index in [1.807, 2.05) is 43.3 Å². The average Bonchev–Trinajstić information content (AvgIpc) is 2.56. The number of carbonyl (C=O) groups is 2. The molecule has 0 bridgehead atoms. The molecule has 0 saturated heterocycles.